The molecule has 4 rings (SSSR count). The van der Waals surface area contributed by atoms with Crippen LogP contribution in [0, 0.1) is 5.92 Å². The van der Waals surface area contributed by atoms with Crippen LogP contribution in [0.5, 0.6) is 5.75 Å². The zero-order valence-electron chi connectivity index (χ0n) is 22.0. The number of carbonyl (C=O) groups excluding carboxylic acids is 2. The minimum Gasteiger partial charge on any atom is -0.507 e. The Bertz CT molecular complexity index is 1250. The lowest BCUT2D eigenvalue weighted by molar-refractivity contribution is -0.151. The molecule has 0 amide bonds. The first-order chi connectivity index (χ1) is 19.0. The number of furan rings is 1. The molecular formula is C28H35NO11. The van der Waals surface area contributed by atoms with E-state index in [0.29, 0.717) is 36.8 Å². The molecule has 2 aromatic rings. The van der Waals surface area contributed by atoms with Gasteiger partial charge < -0.3 is 39.8 Å². The third-order valence-electron chi connectivity index (χ3n) is 7.70. The van der Waals surface area contributed by atoms with Crippen LogP contribution in [0.3, 0.4) is 0 Å². The summed E-state index contributed by atoms with van der Waals surface area (Å²) in [5.41, 5.74) is -3.40. The highest BCUT2D eigenvalue weighted by Crippen LogP contribution is 2.44. The molecule has 40 heavy (non-hydrogen) atoms. The van der Waals surface area contributed by atoms with Gasteiger partial charge in [-0.05, 0) is 29.8 Å². The lowest BCUT2D eigenvalue weighted by atomic mass is 9.68. The number of hydrogen-bond acceptors (Lipinski definition) is 11. The molecule has 0 spiro atoms. The summed E-state index contributed by atoms with van der Waals surface area (Å²) >= 11 is 0. The van der Waals surface area contributed by atoms with Crippen LogP contribution in [0.15, 0.2) is 28.7 Å². The smallest absolute Gasteiger partial charge is 0.310 e. The van der Waals surface area contributed by atoms with Crippen LogP contribution in [0.25, 0.3) is 11.3 Å². The van der Waals surface area contributed by atoms with Crippen molar-refractivity contribution in [1.82, 2.24) is 4.90 Å². The number of ketones is 2. The molecule has 0 bridgehead atoms. The Balaban J connectivity index is 1.65. The number of phenolic OH excluding ortho intramolecular Hbond substituents is 1. The number of carboxylic acids is 1. The van der Waals surface area contributed by atoms with E-state index >= 15 is 0 Å². The van der Waals surface area contributed by atoms with Gasteiger partial charge in [0.2, 0.25) is 0 Å². The highest BCUT2D eigenvalue weighted by Gasteiger charge is 2.49. The van der Waals surface area contributed by atoms with E-state index in [2.05, 4.69) is 4.90 Å². The number of phenols is 1. The first-order valence-corrected chi connectivity index (χ1v) is 13.2. The molecule has 1 fully saturated rings. The van der Waals surface area contributed by atoms with Crippen molar-refractivity contribution in [3.8, 4) is 17.1 Å². The molecule has 1 aliphatic carbocycles. The average molecular weight is 562 g/mol. The average Bonchev–Trinajstić information content (AvgIpc) is 3.32. The Kier molecular flexibility index (Phi) is 9.08. The summed E-state index contributed by atoms with van der Waals surface area (Å²) in [6, 6.07) is 6.47. The van der Waals surface area contributed by atoms with Gasteiger partial charge in [0.25, 0.3) is 0 Å². The number of carboxylic acid groups (broad SMARTS) is 1. The van der Waals surface area contributed by atoms with E-state index < -0.39 is 73.6 Å². The van der Waals surface area contributed by atoms with E-state index in [9.17, 15) is 39.9 Å². The van der Waals surface area contributed by atoms with E-state index in [-0.39, 0.29) is 23.3 Å². The zero-order chi connectivity index (χ0) is 29.1. The number of aliphatic carboxylic acids is 1. The van der Waals surface area contributed by atoms with Crippen molar-refractivity contribution in [2.75, 3.05) is 39.5 Å². The van der Waals surface area contributed by atoms with Crippen LogP contribution in [0.4, 0.5) is 0 Å². The maximum Gasteiger partial charge on any atom is 0.310 e. The quantitative estimate of drug-likeness (QED) is 0.197. The van der Waals surface area contributed by atoms with Crippen molar-refractivity contribution in [2.45, 2.75) is 49.9 Å². The van der Waals surface area contributed by atoms with E-state index in [1.807, 2.05) is 0 Å². The molecule has 1 aliphatic heterocycles. The van der Waals surface area contributed by atoms with Crippen molar-refractivity contribution in [3.05, 3.63) is 41.2 Å². The van der Waals surface area contributed by atoms with Crippen molar-refractivity contribution in [3.63, 3.8) is 0 Å². The Morgan fingerprint density at radius 3 is 2.48 bits per heavy atom. The molecule has 1 aromatic heterocycles. The van der Waals surface area contributed by atoms with Crippen LogP contribution in [0.1, 0.15) is 47.4 Å². The van der Waals surface area contributed by atoms with Gasteiger partial charge in [-0.1, -0.05) is 0 Å². The fraction of sp³-hybridized carbons (Fsp3) is 0.536. The summed E-state index contributed by atoms with van der Waals surface area (Å²) in [5.74, 6) is -3.84. The number of carbonyl (C=O) groups is 3. The van der Waals surface area contributed by atoms with Gasteiger partial charge in [0.05, 0.1) is 49.0 Å². The standard InChI is InChI=1S/C28H35NO11/c30-8-5-28(38,20(15-31)22(33)11-25(35)36)16-27(37)12-19-18(2-3-21(32)26(19)23(34)13-27)24-4-1-17(40-24)14-29-6-9-39-10-7-29/h1-4,20,30-32,37-38H,5-16H2,(H,35,36). The number of rotatable bonds is 12. The van der Waals surface area contributed by atoms with E-state index in [0.717, 1.165) is 13.1 Å². The number of aliphatic hydroxyl groups is 4. The van der Waals surface area contributed by atoms with Gasteiger partial charge in [0.1, 0.15) is 23.7 Å². The number of aliphatic hydroxyl groups excluding tert-OH is 2. The van der Waals surface area contributed by atoms with Gasteiger partial charge in [0, 0.05) is 50.9 Å². The Labute approximate surface area is 230 Å². The molecule has 12 nitrogen and oxygen atoms in total. The molecule has 218 valence electrons. The number of hydrogen-bond donors (Lipinski definition) is 6. The summed E-state index contributed by atoms with van der Waals surface area (Å²) in [7, 11) is 0. The SMILES string of the molecule is O=C(O)CC(=O)C(CO)C(O)(CCO)CC1(O)CC(=O)c2c(O)ccc(-c3ccc(CN4CCOCC4)o3)c2C1. The van der Waals surface area contributed by atoms with E-state index in [1.165, 1.54) is 6.07 Å². The fourth-order valence-electron chi connectivity index (χ4n) is 5.85. The lowest BCUT2D eigenvalue weighted by Gasteiger charge is -2.42. The second kappa shape index (κ2) is 12.2. The van der Waals surface area contributed by atoms with Crippen molar-refractivity contribution in [2.24, 2.45) is 5.92 Å². The number of nitrogens with zero attached hydrogens (tertiary/aromatic N) is 1. The number of morpholine rings is 1. The molecular weight excluding hydrogens is 526 g/mol. The van der Waals surface area contributed by atoms with Gasteiger partial charge in [0.15, 0.2) is 11.6 Å². The van der Waals surface area contributed by atoms with Gasteiger partial charge in [-0.2, -0.15) is 0 Å². The molecule has 0 radical (unpaired) electrons. The first-order valence-electron chi connectivity index (χ1n) is 13.2. The largest absolute Gasteiger partial charge is 0.507 e. The molecule has 12 heteroatoms. The first kappa shape index (κ1) is 29.8. The predicted molar refractivity (Wildman–Crippen MR) is 139 cm³/mol. The maximum atomic E-state index is 13.2. The third-order valence-corrected chi connectivity index (χ3v) is 7.70. The van der Waals surface area contributed by atoms with Gasteiger partial charge in [-0.25, -0.2) is 0 Å². The second-order valence-electron chi connectivity index (χ2n) is 10.7. The monoisotopic (exact) mass is 561 g/mol. The maximum absolute atomic E-state index is 13.2. The Morgan fingerprint density at radius 2 is 1.82 bits per heavy atom. The van der Waals surface area contributed by atoms with Gasteiger partial charge in [-0.15, -0.1) is 0 Å². The van der Waals surface area contributed by atoms with Gasteiger partial charge >= 0.3 is 5.97 Å². The molecule has 2 heterocycles. The number of benzene rings is 1. The van der Waals surface area contributed by atoms with Crippen molar-refractivity contribution in [1.29, 1.82) is 0 Å². The summed E-state index contributed by atoms with van der Waals surface area (Å²) in [4.78, 5) is 39.1. The van der Waals surface area contributed by atoms with Gasteiger partial charge in [-0.3, -0.25) is 19.3 Å². The number of ether oxygens (including phenoxy) is 1. The molecule has 1 saturated heterocycles. The predicted octanol–water partition coefficient (Wildman–Crippen LogP) is 0.500. The van der Waals surface area contributed by atoms with Crippen molar-refractivity contribution >= 4 is 17.5 Å². The van der Waals surface area contributed by atoms with Crippen LogP contribution in [-0.4, -0.2) is 104 Å². The normalized spacial score (nSPS) is 21.9. The third kappa shape index (κ3) is 6.43. The minimum absolute atomic E-state index is 0.0136. The van der Waals surface area contributed by atoms with Crippen LogP contribution in [-0.2, 0) is 27.3 Å². The highest BCUT2D eigenvalue weighted by molar-refractivity contribution is 6.03. The van der Waals surface area contributed by atoms with E-state index in [4.69, 9.17) is 14.3 Å². The summed E-state index contributed by atoms with van der Waals surface area (Å²) in [6.45, 7) is 1.77. The highest BCUT2D eigenvalue weighted by atomic mass is 16.5. The summed E-state index contributed by atoms with van der Waals surface area (Å²) in [6.07, 6.45) is -2.78. The van der Waals surface area contributed by atoms with Crippen LogP contribution >= 0.6 is 0 Å². The number of Topliss-reactive ketones (excluding diaryl/α,β-unsaturated/α-hetero) is 2. The van der Waals surface area contributed by atoms with E-state index in [1.54, 1.807) is 18.2 Å². The van der Waals surface area contributed by atoms with Crippen LogP contribution < -0.4 is 0 Å². The molecule has 0 saturated carbocycles. The number of aromatic hydroxyl groups is 1. The number of fused-ring (bicyclic) bond motifs is 1. The molecule has 2 aliphatic rings. The molecule has 1 aromatic carbocycles. The second-order valence-corrected chi connectivity index (χ2v) is 10.7. The molecule has 3 atom stereocenters. The minimum atomic E-state index is -2.21. The molecule has 3 unspecified atom stereocenters. The summed E-state index contributed by atoms with van der Waals surface area (Å²) < 4.78 is 11.4. The Hall–Kier alpha value is -3.13. The van der Waals surface area contributed by atoms with Crippen molar-refractivity contribution < 1.29 is 54.2 Å². The fourth-order valence-corrected chi connectivity index (χ4v) is 5.85. The Morgan fingerprint density at radius 1 is 1.10 bits per heavy atom. The topological polar surface area (TPSA) is 198 Å². The molecule has 6 N–H and O–H groups in total. The lowest BCUT2D eigenvalue weighted by Crippen LogP contribution is -2.53. The zero-order valence-corrected chi connectivity index (χ0v) is 22.0. The summed E-state index contributed by atoms with van der Waals surface area (Å²) in [5, 5.41) is 62.1. The van der Waals surface area contributed by atoms with Crippen LogP contribution in [0.2, 0.25) is 0 Å².